The van der Waals surface area contributed by atoms with Crippen LogP contribution in [0, 0.1) is 5.41 Å². The zero-order valence-electron chi connectivity index (χ0n) is 11.1. The summed E-state index contributed by atoms with van der Waals surface area (Å²) < 4.78 is 0. The van der Waals surface area contributed by atoms with Gasteiger partial charge in [-0.1, -0.05) is 51.1 Å². The molecule has 1 aromatic heterocycles. The zero-order valence-corrected chi connectivity index (χ0v) is 11.1. The van der Waals surface area contributed by atoms with E-state index in [-0.39, 0.29) is 11.5 Å². The third-order valence-electron chi connectivity index (χ3n) is 2.95. The molecule has 1 atom stereocenters. The monoisotopic (exact) mass is 241 g/mol. The summed E-state index contributed by atoms with van der Waals surface area (Å²) in [5.41, 5.74) is 8.15. The van der Waals surface area contributed by atoms with Crippen molar-refractivity contribution >= 4 is 0 Å². The molecule has 0 aliphatic rings. The molecule has 2 aromatic rings. The van der Waals surface area contributed by atoms with Gasteiger partial charge in [-0.05, 0) is 11.5 Å². The minimum Gasteiger partial charge on any atom is -0.321 e. The van der Waals surface area contributed by atoms with Gasteiger partial charge in [0.05, 0.1) is 11.7 Å². The number of aromatic nitrogens is 2. The van der Waals surface area contributed by atoms with E-state index in [1.165, 1.54) is 0 Å². The molecular weight excluding hydrogens is 222 g/mol. The molecule has 0 saturated heterocycles. The molecule has 2 N–H and O–H groups in total. The van der Waals surface area contributed by atoms with Gasteiger partial charge in [0.1, 0.15) is 5.82 Å². The van der Waals surface area contributed by atoms with Gasteiger partial charge >= 0.3 is 0 Å². The van der Waals surface area contributed by atoms with Gasteiger partial charge in [0.2, 0.25) is 0 Å². The molecule has 0 fully saturated rings. The van der Waals surface area contributed by atoms with Gasteiger partial charge in [0.25, 0.3) is 0 Å². The summed E-state index contributed by atoms with van der Waals surface area (Å²) in [6, 6.07) is 11.8. The standard InChI is InChI=1S/C15H19N3/c1-15(2,3)13(16)14-17-10-9-12(18-14)11-7-5-4-6-8-11/h4-10,13H,16H2,1-3H3. The normalized spacial score (nSPS) is 13.3. The Hall–Kier alpha value is -1.74. The third kappa shape index (κ3) is 2.74. The van der Waals surface area contributed by atoms with Gasteiger partial charge in [0.15, 0.2) is 0 Å². The van der Waals surface area contributed by atoms with Crippen LogP contribution < -0.4 is 5.73 Å². The van der Waals surface area contributed by atoms with Crippen LogP contribution in [0.15, 0.2) is 42.6 Å². The summed E-state index contributed by atoms with van der Waals surface area (Å²) in [6.07, 6.45) is 1.77. The van der Waals surface area contributed by atoms with Crippen LogP contribution in [0.5, 0.6) is 0 Å². The fourth-order valence-electron chi connectivity index (χ4n) is 1.68. The molecule has 0 aliphatic carbocycles. The van der Waals surface area contributed by atoms with E-state index in [1.807, 2.05) is 36.4 Å². The fraction of sp³-hybridized carbons (Fsp3) is 0.333. The Morgan fingerprint density at radius 1 is 1.06 bits per heavy atom. The molecule has 0 amide bonds. The van der Waals surface area contributed by atoms with Crippen LogP contribution in [-0.4, -0.2) is 9.97 Å². The van der Waals surface area contributed by atoms with E-state index in [2.05, 4.69) is 30.7 Å². The van der Waals surface area contributed by atoms with Gasteiger partial charge in [-0.3, -0.25) is 0 Å². The Balaban J connectivity index is 2.37. The number of rotatable bonds is 2. The maximum Gasteiger partial charge on any atom is 0.146 e. The summed E-state index contributed by atoms with van der Waals surface area (Å²) >= 11 is 0. The molecular formula is C15H19N3. The van der Waals surface area contributed by atoms with Gasteiger partial charge in [-0.2, -0.15) is 0 Å². The molecule has 94 valence electrons. The van der Waals surface area contributed by atoms with E-state index in [9.17, 15) is 0 Å². The molecule has 1 heterocycles. The molecule has 2 rings (SSSR count). The second-order valence-electron chi connectivity index (χ2n) is 5.51. The highest BCUT2D eigenvalue weighted by molar-refractivity contribution is 5.58. The first-order valence-electron chi connectivity index (χ1n) is 6.12. The van der Waals surface area contributed by atoms with Crippen LogP contribution in [0.3, 0.4) is 0 Å². The van der Waals surface area contributed by atoms with Crippen LogP contribution in [0.4, 0.5) is 0 Å². The van der Waals surface area contributed by atoms with Crippen molar-refractivity contribution in [3.8, 4) is 11.3 Å². The van der Waals surface area contributed by atoms with Crippen LogP contribution in [0.2, 0.25) is 0 Å². The second kappa shape index (κ2) is 4.86. The van der Waals surface area contributed by atoms with Crippen molar-refractivity contribution in [3.63, 3.8) is 0 Å². The Labute approximate surface area is 108 Å². The highest BCUT2D eigenvalue weighted by Gasteiger charge is 2.24. The van der Waals surface area contributed by atoms with E-state index in [0.29, 0.717) is 5.82 Å². The summed E-state index contributed by atoms with van der Waals surface area (Å²) in [7, 11) is 0. The lowest BCUT2D eigenvalue weighted by Crippen LogP contribution is -2.28. The number of hydrogen-bond acceptors (Lipinski definition) is 3. The average molecular weight is 241 g/mol. The Bertz CT molecular complexity index is 515. The molecule has 3 nitrogen and oxygen atoms in total. The van der Waals surface area contributed by atoms with Crippen LogP contribution >= 0.6 is 0 Å². The Morgan fingerprint density at radius 2 is 1.72 bits per heavy atom. The largest absolute Gasteiger partial charge is 0.321 e. The maximum atomic E-state index is 6.19. The van der Waals surface area contributed by atoms with E-state index >= 15 is 0 Å². The lowest BCUT2D eigenvalue weighted by molar-refractivity contribution is 0.315. The van der Waals surface area contributed by atoms with Crippen molar-refractivity contribution in [2.45, 2.75) is 26.8 Å². The van der Waals surface area contributed by atoms with Crippen molar-refractivity contribution in [1.29, 1.82) is 0 Å². The predicted octanol–water partition coefficient (Wildman–Crippen LogP) is 3.19. The first-order valence-corrected chi connectivity index (χ1v) is 6.12. The summed E-state index contributed by atoms with van der Waals surface area (Å²) in [5.74, 6) is 0.698. The van der Waals surface area contributed by atoms with Gasteiger partial charge in [-0.15, -0.1) is 0 Å². The summed E-state index contributed by atoms with van der Waals surface area (Å²) in [6.45, 7) is 6.28. The zero-order chi connectivity index (χ0) is 13.2. The average Bonchev–Trinajstić information content (AvgIpc) is 2.38. The van der Waals surface area contributed by atoms with E-state index in [1.54, 1.807) is 6.20 Å². The molecule has 3 heteroatoms. The van der Waals surface area contributed by atoms with Crippen LogP contribution in [0.25, 0.3) is 11.3 Å². The molecule has 0 saturated carbocycles. The third-order valence-corrected chi connectivity index (χ3v) is 2.95. The minimum atomic E-state index is -0.166. The summed E-state index contributed by atoms with van der Waals surface area (Å²) in [5, 5.41) is 0. The van der Waals surface area contributed by atoms with Crippen molar-refractivity contribution in [3.05, 3.63) is 48.4 Å². The van der Waals surface area contributed by atoms with Gasteiger partial charge in [-0.25, -0.2) is 9.97 Å². The summed E-state index contributed by atoms with van der Waals surface area (Å²) in [4.78, 5) is 8.87. The van der Waals surface area contributed by atoms with Gasteiger partial charge in [0, 0.05) is 11.8 Å². The minimum absolute atomic E-state index is 0.0463. The van der Waals surface area contributed by atoms with Crippen LogP contribution in [-0.2, 0) is 0 Å². The number of hydrogen-bond donors (Lipinski definition) is 1. The Kier molecular flexibility index (Phi) is 3.43. The SMILES string of the molecule is CC(C)(C)C(N)c1nccc(-c2ccccc2)n1. The van der Waals surface area contributed by atoms with Crippen molar-refractivity contribution in [1.82, 2.24) is 9.97 Å². The molecule has 0 bridgehead atoms. The highest BCUT2D eigenvalue weighted by atomic mass is 14.9. The first kappa shape index (κ1) is 12.7. The predicted molar refractivity (Wildman–Crippen MR) is 73.9 cm³/mol. The number of nitrogens with zero attached hydrogens (tertiary/aromatic N) is 2. The van der Waals surface area contributed by atoms with E-state index in [4.69, 9.17) is 5.73 Å². The molecule has 0 aliphatic heterocycles. The lowest BCUT2D eigenvalue weighted by atomic mass is 9.87. The molecule has 1 aromatic carbocycles. The topological polar surface area (TPSA) is 51.8 Å². The van der Waals surface area contributed by atoms with Gasteiger partial charge < -0.3 is 5.73 Å². The smallest absolute Gasteiger partial charge is 0.146 e. The highest BCUT2D eigenvalue weighted by Crippen LogP contribution is 2.29. The quantitative estimate of drug-likeness (QED) is 0.878. The molecule has 0 spiro atoms. The Morgan fingerprint density at radius 3 is 2.33 bits per heavy atom. The lowest BCUT2D eigenvalue weighted by Gasteiger charge is -2.25. The van der Waals surface area contributed by atoms with Crippen molar-refractivity contribution in [2.24, 2.45) is 11.1 Å². The number of benzene rings is 1. The maximum absolute atomic E-state index is 6.19. The van der Waals surface area contributed by atoms with E-state index < -0.39 is 0 Å². The molecule has 1 unspecified atom stereocenters. The van der Waals surface area contributed by atoms with Crippen molar-refractivity contribution < 1.29 is 0 Å². The number of nitrogens with two attached hydrogens (primary N) is 1. The van der Waals surface area contributed by atoms with E-state index in [0.717, 1.165) is 11.3 Å². The first-order chi connectivity index (χ1) is 8.48. The van der Waals surface area contributed by atoms with Crippen LogP contribution in [0.1, 0.15) is 32.6 Å². The van der Waals surface area contributed by atoms with Crippen molar-refractivity contribution in [2.75, 3.05) is 0 Å². The second-order valence-corrected chi connectivity index (χ2v) is 5.51. The fourth-order valence-corrected chi connectivity index (χ4v) is 1.68. The molecule has 18 heavy (non-hydrogen) atoms. The molecule has 0 radical (unpaired) electrons.